The van der Waals surface area contributed by atoms with Crippen LogP contribution in [0.5, 0.6) is 5.75 Å². The summed E-state index contributed by atoms with van der Waals surface area (Å²) < 4.78 is 6.81. The van der Waals surface area contributed by atoms with Gasteiger partial charge in [-0.05, 0) is 24.3 Å². The zero-order valence-corrected chi connectivity index (χ0v) is 10.9. The van der Waals surface area contributed by atoms with Crippen LogP contribution in [0.3, 0.4) is 0 Å². The molecular weight excluding hydrogens is 258 g/mol. The molecule has 1 heterocycles. The second kappa shape index (κ2) is 5.20. The molecule has 3 rings (SSSR count). The highest BCUT2D eigenvalue weighted by atomic mass is 32.1. The van der Waals surface area contributed by atoms with E-state index in [1.54, 1.807) is 29.5 Å². The van der Waals surface area contributed by atoms with E-state index in [0.717, 1.165) is 21.5 Å². The molecule has 0 fully saturated rings. The van der Waals surface area contributed by atoms with E-state index in [1.165, 1.54) is 0 Å². The molecule has 0 radical (unpaired) electrons. The van der Waals surface area contributed by atoms with Gasteiger partial charge < -0.3 is 4.74 Å². The van der Waals surface area contributed by atoms with Gasteiger partial charge in [0.1, 0.15) is 23.7 Å². The summed E-state index contributed by atoms with van der Waals surface area (Å²) in [5.74, 6) is 0.684. The zero-order valence-electron chi connectivity index (χ0n) is 10.1. The lowest BCUT2D eigenvalue weighted by Crippen LogP contribution is -1.95. The van der Waals surface area contributed by atoms with Crippen molar-refractivity contribution in [1.29, 1.82) is 0 Å². The van der Waals surface area contributed by atoms with Crippen molar-refractivity contribution in [3.05, 3.63) is 59.1 Å². The number of para-hydroxylation sites is 1. The molecule has 19 heavy (non-hydrogen) atoms. The number of fused-ring (bicyclic) bond motifs is 1. The van der Waals surface area contributed by atoms with E-state index in [4.69, 9.17) is 4.74 Å². The predicted octanol–water partition coefficient (Wildman–Crippen LogP) is 3.69. The Morgan fingerprint density at radius 2 is 2.05 bits per heavy atom. The van der Waals surface area contributed by atoms with E-state index >= 15 is 0 Å². The van der Waals surface area contributed by atoms with Gasteiger partial charge in [-0.1, -0.05) is 24.3 Å². The lowest BCUT2D eigenvalue weighted by atomic mass is 10.2. The maximum Gasteiger partial charge on any atom is 0.150 e. The summed E-state index contributed by atoms with van der Waals surface area (Å²) in [4.78, 5) is 15.2. The third-order valence-electron chi connectivity index (χ3n) is 2.69. The van der Waals surface area contributed by atoms with Crippen LogP contribution < -0.4 is 4.74 Å². The van der Waals surface area contributed by atoms with Crippen LogP contribution in [0.15, 0.2) is 48.5 Å². The molecule has 0 atom stereocenters. The first-order chi connectivity index (χ1) is 9.35. The van der Waals surface area contributed by atoms with Crippen molar-refractivity contribution in [2.45, 2.75) is 6.61 Å². The average molecular weight is 269 g/mol. The lowest BCUT2D eigenvalue weighted by Gasteiger charge is -2.03. The van der Waals surface area contributed by atoms with Crippen molar-refractivity contribution < 1.29 is 9.53 Å². The van der Waals surface area contributed by atoms with Crippen molar-refractivity contribution >= 4 is 27.8 Å². The van der Waals surface area contributed by atoms with Crippen LogP contribution in [0, 0.1) is 0 Å². The lowest BCUT2D eigenvalue weighted by molar-refractivity contribution is 0.112. The van der Waals surface area contributed by atoms with Gasteiger partial charge in [0.05, 0.1) is 10.2 Å². The molecular formula is C15H11NO2S. The molecule has 0 unspecified atom stereocenters. The highest BCUT2D eigenvalue weighted by Gasteiger charge is 2.04. The van der Waals surface area contributed by atoms with Crippen molar-refractivity contribution in [1.82, 2.24) is 4.98 Å². The highest BCUT2D eigenvalue weighted by Crippen LogP contribution is 2.23. The van der Waals surface area contributed by atoms with E-state index in [9.17, 15) is 4.79 Å². The smallest absolute Gasteiger partial charge is 0.150 e. The first-order valence-electron chi connectivity index (χ1n) is 5.87. The zero-order chi connectivity index (χ0) is 13.1. The van der Waals surface area contributed by atoms with Crippen molar-refractivity contribution in [3.63, 3.8) is 0 Å². The molecule has 3 aromatic rings. The maximum atomic E-state index is 10.7. The van der Waals surface area contributed by atoms with Crippen LogP contribution in [-0.2, 0) is 6.61 Å². The molecule has 0 bridgehead atoms. The Balaban J connectivity index is 1.76. The maximum absolute atomic E-state index is 10.7. The van der Waals surface area contributed by atoms with E-state index in [2.05, 4.69) is 4.98 Å². The van der Waals surface area contributed by atoms with Crippen LogP contribution in [0.25, 0.3) is 10.2 Å². The number of benzene rings is 2. The number of nitrogens with zero attached hydrogens (tertiary/aromatic N) is 1. The standard InChI is InChI=1S/C15H11NO2S/c17-9-11-4-3-5-12(8-11)18-10-15-16-13-6-1-2-7-14(13)19-15/h1-9H,10H2. The highest BCUT2D eigenvalue weighted by molar-refractivity contribution is 7.18. The number of aldehydes is 1. The largest absolute Gasteiger partial charge is 0.486 e. The third-order valence-corrected chi connectivity index (χ3v) is 3.70. The summed E-state index contributed by atoms with van der Waals surface area (Å²) in [6.07, 6.45) is 0.810. The SMILES string of the molecule is O=Cc1cccc(OCc2nc3ccccc3s2)c1. The summed E-state index contributed by atoms with van der Waals surface area (Å²) in [5.41, 5.74) is 1.61. The van der Waals surface area contributed by atoms with Gasteiger partial charge in [0.15, 0.2) is 0 Å². The van der Waals surface area contributed by atoms with Gasteiger partial charge >= 0.3 is 0 Å². The van der Waals surface area contributed by atoms with Crippen LogP contribution in [0.1, 0.15) is 15.4 Å². The summed E-state index contributed by atoms with van der Waals surface area (Å²) in [6, 6.07) is 15.1. The quantitative estimate of drug-likeness (QED) is 0.678. The number of ether oxygens (including phenoxy) is 1. The minimum Gasteiger partial charge on any atom is -0.486 e. The number of hydrogen-bond donors (Lipinski definition) is 0. The molecule has 0 aliphatic carbocycles. The fourth-order valence-electron chi connectivity index (χ4n) is 1.80. The van der Waals surface area contributed by atoms with Crippen LogP contribution in [0.2, 0.25) is 0 Å². The topological polar surface area (TPSA) is 39.2 Å². The Hall–Kier alpha value is -2.20. The van der Waals surface area contributed by atoms with Crippen molar-refractivity contribution in [2.75, 3.05) is 0 Å². The van der Waals surface area contributed by atoms with Gasteiger partial charge in [0, 0.05) is 5.56 Å². The molecule has 4 heteroatoms. The molecule has 0 saturated heterocycles. The molecule has 0 amide bonds. The molecule has 0 saturated carbocycles. The number of rotatable bonds is 4. The average Bonchev–Trinajstić information content (AvgIpc) is 2.88. The minimum absolute atomic E-state index is 0.418. The van der Waals surface area contributed by atoms with Gasteiger partial charge in [-0.15, -0.1) is 11.3 Å². The Morgan fingerprint density at radius 1 is 1.16 bits per heavy atom. The summed E-state index contributed by atoms with van der Waals surface area (Å²) in [7, 11) is 0. The molecule has 0 aliphatic heterocycles. The Labute approximate surface area is 114 Å². The van der Waals surface area contributed by atoms with Gasteiger partial charge in [0.25, 0.3) is 0 Å². The van der Waals surface area contributed by atoms with Crippen molar-refractivity contribution in [3.8, 4) is 5.75 Å². The third kappa shape index (κ3) is 2.63. The molecule has 0 aliphatic rings. The number of hydrogen-bond acceptors (Lipinski definition) is 4. The monoisotopic (exact) mass is 269 g/mol. The molecule has 0 N–H and O–H groups in total. The number of thiazole rings is 1. The van der Waals surface area contributed by atoms with Gasteiger partial charge in [-0.25, -0.2) is 4.98 Å². The summed E-state index contributed by atoms with van der Waals surface area (Å²) in [6.45, 7) is 0.418. The van der Waals surface area contributed by atoms with E-state index in [0.29, 0.717) is 17.9 Å². The Kier molecular flexibility index (Phi) is 3.25. The van der Waals surface area contributed by atoms with E-state index in [1.807, 2.05) is 30.3 Å². The van der Waals surface area contributed by atoms with Crippen LogP contribution >= 0.6 is 11.3 Å². The first-order valence-corrected chi connectivity index (χ1v) is 6.69. The second-order valence-corrected chi connectivity index (χ2v) is 5.17. The van der Waals surface area contributed by atoms with Crippen molar-refractivity contribution in [2.24, 2.45) is 0 Å². The fraction of sp³-hybridized carbons (Fsp3) is 0.0667. The molecule has 2 aromatic carbocycles. The van der Waals surface area contributed by atoms with Gasteiger partial charge in [-0.2, -0.15) is 0 Å². The Morgan fingerprint density at radius 3 is 2.89 bits per heavy atom. The summed E-state index contributed by atoms with van der Waals surface area (Å²) in [5, 5.41) is 0.928. The summed E-state index contributed by atoms with van der Waals surface area (Å²) >= 11 is 1.62. The number of aromatic nitrogens is 1. The normalized spacial score (nSPS) is 10.5. The molecule has 3 nitrogen and oxygen atoms in total. The van der Waals surface area contributed by atoms with E-state index in [-0.39, 0.29) is 0 Å². The number of carbonyl (C=O) groups is 1. The molecule has 1 aromatic heterocycles. The van der Waals surface area contributed by atoms with E-state index < -0.39 is 0 Å². The van der Waals surface area contributed by atoms with Crippen LogP contribution in [0.4, 0.5) is 0 Å². The minimum atomic E-state index is 0.418. The number of carbonyl (C=O) groups excluding carboxylic acids is 1. The van der Waals surface area contributed by atoms with Crippen LogP contribution in [-0.4, -0.2) is 11.3 Å². The molecule has 0 spiro atoms. The molecule has 94 valence electrons. The fourth-order valence-corrected chi connectivity index (χ4v) is 2.68. The first kappa shape index (κ1) is 11.9. The Bertz CT molecular complexity index is 688. The van der Waals surface area contributed by atoms with Gasteiger partial charge in [0.2, 0.25) is 0 Å². The second-order valence-electron chi connectivity index (χ2n) is 4.05. The predicted molar refractivity (Wildman–Crippen MR) is 75.8 cm³/mol. The van der Waals surface area contributed by atoms with Gasteiger partial charge in [-0.3, -0.25) is 4.79 Å².